The third-order valence-corrected chi connectivity index (χ3v) is 3.47. The second kappa shape index (κ2) is 6.58. The summed E-state index contributed by atoms with van der Waals surface area (Å²) in [4.78, 5) is 12.3. The number of carbonyl (C=O) groups excluding carboxylic acids is 1. The highest BCUT2D eigenvalue weighted by Crippen LogP contribution is 2.17. The van der Waals surface area contributed by atoms with Gasteiger partial charge in [-0.15, -0.1) is 0 Å². The van der Waals surface area contributed by atoms with Gasteiger partial charge in [-0.05, 0) is 35.9 Å². The minimum Gasteiger partial charge on any atom is -0.348 e. The second-order valence-electron chi connectivity index (χ2n) is 5.04. The van der Waals surface area contributed by atoms with Crippen LogP contribution >= 0.6 is 0 Å². The number of nitriles is 1. The minimum absolute atomic E-state index is 0.143. The van der Waals surface area contributed by atoms with Gasteiger partial charge in [0.2, 0.25) is 0 Å². The smallest absolute Gasteiger partial charge is 0.251 e. The first-order valence-corrected chi connectivity index (χ1v) is 7.13. The van der Waals surface area contributed by atoms with Gasteiger partial charge in [0.05, 0.1) is 17.3 Å². The van der Waals surface area contributed by atoms with Crippen molar-refractivity contribution in [3.05, 3.63) is 77.5 Å². The van der Waals surface area contributed by atoms with E-state index in [0.29, 0.717) is 17.7 Å². The fourth-order valence-corrected chi connectivity index (χ4v) is 2.23. The van der Waals surface area contributed by atoms with Crippen LogP contribution in [0.5, 0.6) is 0 Å². The van der Waals surface area contributed by atoms with Crippen LogP contribution in [0.15, 0.2) is 60.8 Å². The van der Waals surface area contributed by atoms with Crippen LogP contribution in [0.3, 0.4) is 0 Å². The molecule has 0 radical (unpaired) electrons. The largest absolute Gasteiger partial charge is 0.348 e. The average Bonchev–Trinajstić information content (AvgIpc) is 3.15. The molecule has 0 spiro atoms. The van der Waals surface area contributed by atoms with Gasteiger partial charge in [0.15, 0.2) is 0 Å². The number of carbonyl (C=O) groups is 1. The highest BCUT2D eigenvalue weighted by atomic mass is 16.1. The maximum Gasteiger partial charge on any atom is 0.251 e. The van der Waals surface area contributed by atoms with E-state index in [2.05, 4.69) is 21.6 Å². The molecule has 3 rings (SSSR count). The summed E-state index contributed by atoms with van der Waals surface area (Å²) in [7, 11) is 0. The highest BCUT2D eigenvalue weighted by Gasteiger charge is 2.07. The van der Waals surface area contributed by atoms with Crippen molar-refractivity contribution < 1.29 is 4.79 Å². The first-order chi connectivity index (χ1) is 11.3. The van der Waals surface area contributed by atoms with Gasteiger partial charge in [0.1, 0.15) is 0 Å². The first kappa shape index (κ1) is 14.5. The number of aromatic nitrogens is 2. The molecule has 1 aromatic heterocycles. The van der Waals surface area contributed by atoms with Crippen LogP contribution in [0.25, 0.3) is 11.3 Å². The number of nitrogens with one attached hydrogen (secondary N) is 2. The zero-order valence-corrected chi connectivity index (χ0v) is 12.3. The summed E-state index contributed by atoms with van der Waals surface area (Å²) in [6, 6.07) is 18.4. The van der Waals surface area contributed by atoms with Crippen LogP contribution in [0.2, 0.25) is 0 Å². The van der Waals surface area contributed by atoms with E-state index < -0.39 is 0 Å². The maximum atomic E-state index is 12.3. The molecule has 2 aromatic carbocycles. The standard InChI is InChI=1S/C18H14N4O/c19-11-13-4-6-14(7-5-13)12-20-18(23)16-3-1-2-15(10-16)17-8-9-21-22-17/h1-10H,12H2,(H,20,23)(H,21,22). The molecule has 5 nitrogen and oxygen atoms in total. The highest BCUT2D eigenvalue weighted by molar-refractivity contribution is 5.95. The summed E-state index contributed by atoms with van der Waals surface area (Å²) in [6.45, 7) is 0.416. The van der Waals surface area contributed by atoms with Crippen LogP contribution in [0.1, 0.15) is 21.5 Å². The lowest BCUT2D eigenvalue weighted by Crippen LogP contribution is -2.22. The van der Waals surface area contributed by atoms with E-state index in [0.717, 1.165) is 16.8 Å². The van der Waals surface area contributed by atoms with Gasteiger partial charge in [-0.25, -0.2) is 0 Å². The summed E-state index contributed by atoms with van der Waals surface area (Å²) < 4.78 is 0. The van der Waals surface area contributed by atoms with Gasteiger partial charge in [-0.3, -0.25) is 9.89 Å². The molecule has 0 aliphatic carbocycles. The number of H-pyrrole nitrogens is 1. The van der Waals surface area contributed by atoms with E-state index in [1.165, 1.54) is 0 Å². The third kappa shape index (κ3) is 3.44. The lowest BCUT2D eigenvalue weighted by Gasteiger charge is -2.07. The molecule has 0 saturated heterocycles. The Hall–Kier alpha value is -3.39. The van der Waals surface area contributed by atoms with Crippen molar-refractivity contribution in [2.24, 2.45) is 0 Å². The number of nitrogens with zero attached hydrogens (tertiary/aromatic N) is 2. The quantitative estimate of drug-likeness (QED) is 0.777. The minimum atomic E-state index is -0.143. The average molecular weight is 302 g/mol. The molecule has 0 atom stereocenters. The molecule has 0 aliphatic heterocycles. The molecule has 5 heteroatoms. The molecule has 0 unspecified atom stereocenters. The lowest BCUT2D eigenvalue weighted by molar-refractivity contribution is 0.0951. The normalized spacial score (nSPS) is 10.0. The Morgan fingerprint density at radius 1 is 1.17 bits per heavy atom. The Balaban J connectivity index is 1.68. The van der Waals surface area contributed by atoms with E-state index >= 15 is 0 Å². The first-order valence-electron chi connectivity index (χ1n) is 7.13. The Morgan fingerprint density at radius 2 is 2.00 bits per heavy atom. The monoisotopic (exact) mass is 302 g/mol. The third-order valence-electron chi connectivity index (χ3n) is 3.47. The van der Waals surface area contributed by atoms with Crippen molar-refractivity contribution in [3.63, 3.8) is 0 Å². The van der Waals surface area contributed by atoms with Crippen molar-refractivity contribution in [2.75, 3.05) is 0 Å². The molecular weight excluding hydrogens is 288 g/mol. The van der Waals surface area contributed by atoms with Crippen molar-refractivity contribution in [1.29, 1.82) is 5.26 Å². The lowest BCUT2D eigenvalue weighted by atomic mass is 10.1. The summed E-state index contributed by atoms with van der Waals surface area (Å²) in [5.74, 6) is -0.143. The van der Waals surface area contributed by atoms with Gasteiger partial charge in [0, 0.05) is 23.9 Å². The molecule has 1 heterocycles. The summed E-state index contributed by atoms with van der Waals surface area (Å²) >= 11 is 0. The van der Waals surface area contributed by atoms with Crippen LogP contribution in [0, 0.1) is 11.3 Å². The van der Waals surface area contributed by atoms with Crippen molar-refractivity contribution in [2.45, 2.75) is 6.54 Å². The predicted molar refractivity (Wildman–Crippen MR) is 86.4 cm³/mol. The van der Waals surface area contributed by atoms with Crippen LogP contribution in [-0.4, -0.2) is 16.1 Å². The van der Waals surface area contributed by atoms with Gasteiger partial charge in [0.25, 0.3) is 5.91 Å². The van der Waals surface area contributed by atoms with Crippen molar-refractivity contribution in [3.8, 4) is 17.3 Å². The van der Waals surface area contributed by atoms with Crippen LogP contribution in [0.4, 0.5) is 0 Å². The Morgan fingerprint density at radius 3 is 2.70 bits per heavy atom. The fraction of sp³-hybridized carbons (Fsp3) is 0.0556. The van der Waals surface area contributed by atoms with Gasteiger partial charge >= 0.3 is 0 Å². The molecule has 23 heavy (non-hydrogen) atoms. The number of hydrogen-bond acceptors (Lipinski definition) is 3. The van der Waals surface area contributed by atoms with Gasteiger partial charge in [-0.1, -0.05) is 24.3 Å². The summed E-state index contributed by atoms with van der Waals surface area (Å²) in [5, 5.41) is 18.4. The molecule has 0 bridgehead atoms. The Labute approximate surface area is 133 Å². The van der Waals surface area contributed by atoms with E-state index in [9.17, 15) is 4.79 Å². The number of hydrogen-bond donors (Lipinski definition) is 2. The van der Waals surface area contributed by atoms with Crippen molar-refractivity contribution >= 4 is 5.91 Å². The zero-order valence-electron chi connectivity index (χ0n) is 12.3. The zero-order chi connectivity index (χ0) is 16.1. The van der Waals surface area contributed by atoms with Gasteiger partial charge < -0.3 is 5.32 Å². The van der Waals surface area contributed by atoms with E-state index in [4.69, 9.17) is 5.26 Å². The molecule has 1 amide bonds. The molecular formula is C18H14N4O. The maximum absolute atomic E-state index is 12.3. The molecule has 0 fully saturated rings. The number of rotatable bonds is 4. The fourth-order valence-electron chi connectivity index (χ4n) is 2.23. The number of aromatic amines is 1. The molecule has 0 aliphatic rings. The molecule has 3 aromatic rings. The topological polar surface area (TPSA) is 81.6 Å². The molecule has 0 saturated carbocycles. The van der Waals surface area contributed by atoms with Crippen molar-refractivity contribution in [1.82, 2.24) is 15.5 Å². The predicted octanol–water partition coefficient (Wildman–Crippen LogP) is 2.88. The second-order valence-corrected chi connectivity index (χ2v) is 5.04. The van der Waals surface area contributed by atoms with E-state index in [-0.39, 0.29) is 5.91 Å². The summed E-state index contributed by atoms with van der Waals surface area (Å²) in [6.07, 6.45) is 1.67. The SMILES string of the molecule is N#Cc1ccc(CNC(=O)c2cccc(-c3ccn[nH]3)c2)cc1. The molecule has 2 N–H and O–H groups in total. The number of benzene rings is 2. The van der Waals surface area contributed by atoms with Crippen LogP contribution < -0.4 is 5.32 Å². The van der Waals surface area contributed by atoms with Gasteiger partial charge in [-0.2, -0.15) is 10.4 Å². The molecule has 112 valence electrons. The Kier molecular flexibility index (Phi) is 4.16. The Bertz CT molecular complexity index is 845. The van der Waals surface area contributed by atoms with E-state index in [1.54, 1.807) is 24.4 Å². The van der Waals surface area contributed by atoms with E-state index in [1.807, 2.05) is 36.4 Å². The van der Waals surface area contributed by atoms with Crippen LogP contribution in [-0.2, 0) is 6.54 Å². The summed E-state index contributed by atoms with van der Waals surface area (Å²) in [5.41, 5.74) is 3.92. The number of amides is 1.